The first-order chi connectivity index (χ1) is 10.8. The van der Waals surface area contributed by atoms with E-state index in [1.165, 1.54) is 22.9 Å². The maximum absolute atomic E-state index is 12.9. The fraction of sp³-hybridized carbons (Fsp3) is 0.333. The molecule has 8 heteroatoms. The number of hydrogen-bond donors (Lipinski definition) is 1. The SMILES string of the molecule is CC(C)S(=O)(=O)NCCn1nc(-c2ccc(F)cc2)ccc1=O. The molecule has 0 bridgehead atoms. The number of nitrogens with one attached hydrogen (secondary N) is 1. The fourth-order valence-electron chi connectivity index (χ4n) is 1.84. The van der Waals surface area contributed by atoms with E-state index in [9.17, 15) is 17.6 Å². The Morgan fingerprint density at radius 1 is 1.17 bits per heavy atom. The van der Waals surface area contributed by atoms with Gasteiger partial charge in [0, 0.05) is 18.2 Å². The summed E-state index contributed by atoms with van der Waals surface area (Å²) in [5.74, 6) is -0.356. The predicted octanol–water partition coefficient (Wildman–Crippen LogP) is 1.38. The van der Waals surface area contributed by atoms with Crippen molar-refractivity contribution in [1.29, 1.82) is 0 Å². The van der Waals surface area contributed by atoms with Crippen LogP contribution in [-0.4, -0.2) is 30.0 Å². The first kappa shape index (κ1) is 17.3. The number of sulfonamides is 1. The van der Waals surface area contributed by atoms with Gasteiger partial charge < -0.3 is 0 Å². The number of aromatic nitrogens is 2. The predicted molar refractivity (Wildman–Crippen MR) is 85.9 cm³/mol. The molecule has 1 aromatic carbocycles. The van der Waals surface area contributed by atoms with E-state index in [-0.39, 0.29) is 24.5 Å². The minimum atomic E-state index is -3.38. The average molecular weight is 339 g/mol. The molecule has 6 nitrogen and oxygen atoms in total. The molecule has 2 rings (SSSR count). The Kier molecular flexibility index (Phi) is 5.27. The summed E-state index contributed by atoms with van der Waals surface area (Å²) in [6, 6.07) is 8.64. The average Bonchev–Trinajstić information content (AvgIpc) is 2.50. The normalized spacial score (nSPS) is 11.8. The van der Waals surface area contributed by atoms with Gasteiger partial charge in [-0.25, -0.2) is 22.2 Å². The third kappa shape index (κ3) is 4.46. The topological polar surface area (TPSA) is 81.1 Å². The lowest BCUT2D eigenvalue weighted by Gasteiger charge is -2.10. The molecule has 0 atom stereocenters. The maximum Gasteiger partial charge on any atom is 0.266 e. The van der Waals surface area contributed by atoms with Crippen LogP contribution < -0.4 is 10.3 Å². The van der Waals surface area contributed by atoms with Crippen LogP contribution >= 0.6 is 0 Å². The second-order valence-corrected chi connectivity index (χ2v) is 7.60. The lowest BCUT2D eigenvalue weighted by molar-refractivity contribution is 0.543. The van der Waals surface area contributed by atoms with E-state index in [4.69, 9.17) is 0 Å². The lowest BCUT2D eigenvalue weighted by Crippen LogP contribution is -2.35. The van der Waals surface area contributed by atoms with Crippen molar-refractivity contribution in [3.63, 3.8) is 0 Å². The van der Waals surface area contributed by atoms with Gasteiger partial charge in [-0.15, -0.1) is 0 Å². The summed E-state index contributed by atoms with van der Waals surface area (Å²) in [6.45, 7) is 3.32. The molecule has 1 aromatic heterocycles. The number of halogens is 1. The summed E-state index contributed by atoms with van der Waals surface area (Å²) in [7, 11) is -3.38. The summed E-state index contributed by atoms with van der Waals surface area (Å²) in [6.07, 6.45) is 0. The third-order valence-electron chi connectivity index (χ3n) is 3.25. The molecule has 0 amide bonds. The van der Waals surface area contributed by atoms with Crippen molar-refractivity contribution in [2.75, 3.05) is 6.54 Å². The van der Waals surface area contributed by atoms with Crippen molar-refractivity contribution >= 4 is 10.0 Å². The molecule has 0 aliphatic rings. The van der Waals surface area contributed by atoms with E-state index in [0.29, 0.717) is 11.3 Å². The number of benzene rings is 1. The summed E-state index contributed by atoms with van der Waals surface area (Å²) < 4.78 is 39.9. The molecule has 0 saturated heterocycles. The standard InChI is InChI=1S/C15H18FN3O3S/c1-11(2)23(21,22)17-9-10-19-15(20)8-7-14(18-19)12-3-5-13(16)6-4-12/h3-8,11,17H,9-10H2,1-2H3. The molecule has 0 aliphatic carbocycles. The van der Waals surface area contributed by atoms with Crippen molar-refractivity contribution in [1.82, 2.24) is 14.5 Å². The van der Waals surface area contributed by atoms with Gasteiger partial charge >= 0.3 is 0 Å². The monoisotopic (exact) mass is 339 g/mol. The number of rotatable bonds is 6. The zero-order valence-electron chi connectivity index (χ0n) is 12.9. The molecule has 0 aliphatic heterocycles. The maximum atomic E-state index is 12.9. The Hall–Kier alpha value is -2.06. The molecule has 23 heavy (non-hydrogen) atoms. The fourth-order valence-corrected chi connectivity index (χ4v) is 2.55. The van der Waals surface area contributed by atoms with Crippen molar-refractivity contribution in [3.05, 3.63) is 52.6 Å². The minimum Gasteiger partial charge on any atom is -0.268 e. The van der Waals surface area contributed by atoms with Crippen LogP contribution in [0.4, 0.5) is 4.39 Å². The molecule has 0 saturated carbocycles. The molecule has 0 unspecified atom stereocenters. The highest BCUT2D eigenvalue weighted by Gasteiger charge is 2.14. The Balaban J connectivity index is 2.15. The van der Waals surface area contributed by atoms with Gasteiger partial charge in [0.15, 0.2) is 0 Å². The van der Waals surface area contributed by atoms with Crippen LogP contribution in [0.3, 0.4) is 0 Å². The highest BCUT2D eigenvalue weighted by molar-refractivity contribution is 7.90. The molecule has 0 radical (unpaired) electrons. The van der Waals surface area contributed by atoms with E-state index >= 15 is 0 Å². The summed E-state index contributed by atoms with van der Waals surface area (Å²) in [5, 5.41) is 3.64. The van der Waals surface area contributed by atoms with Crippen molar-refractivity contribution in [2.45, 2.75) is 25.6 Å². The van der Waals surface area contributed by atoms with Gasteiger partial charge in [-0.2, -0.15) is 5.10 Å². The first-order valence-electron chi connectivity index (χ1n) is 7.12. The lowest BCUT2D eigenvalue weighted by atomic mass is 10.1. The largest absolute Gasteiger partial charge is 0.268 e. The molecular weight excluding hydrogens is 321 g/mol. The van der Waals surface area contributed by atoms with Crippen molar-refractivity contribution < 1.29 is 12.8 Å². The summed E-state index contributed by atoms with van der Waals surface area (Å²) in [4.78, 5) is 11.8. The van der Waals surface area contributed by atoms with Gasteiger partial charge in [0.05, 0.1) is 17.5 Å². The van der Waals surface area contributed by atoms with Crippen LogP contribution in [-0.2, 0) is 16.6 Å². The van der Waals surface area contributed by atoms with Gasteiger partial charge in [0.2, 0.25) is 10.0 Å². The second kappa shape index (κ2) is 7.01. The summed E-state index contributed by atoms with van der Waals surface area (Å²) in [5.41, 5.74) is 0.846. The molecule has 2 aromatic rings. The van der Waals surface area contributed by atoms with E-state index < -0.39 is 15.3 Å². The van der Waals surface area contributed by atoms with Gasteiger partial charge in [-0.1, -0.05) is 0 Å². The molecule has 1 N–H and O–H groups in total. The summed E-state index contributed by atoms with van der Waals surface area (Å²) >= 11 is 0. The minimum absolute atomic E-state index is 0.0697. The molecule has 1 heterocycles. The van der Waals surface area contributed by atoms with Gasteiger partial charge in [-0.05, 0) is 44.2 Å². The quantitative estimate of drug-likeness (QED) is 0.862. The number of hydrogen-bond acceptors (Lipinski definition) is 4. The smallest absolute Gasteiger partial charge is 0.266 e. The number of nitrogens with zero attached hydrogens (tertiary/aromatic N) is 2. The molecule has 0 fully saturated rings. The van der Waals surface area contributed by atoms with Crippen molar-refractivity contribution in [2.24, 2.45) is 0 Å². The third-order valence-corrected chi connectivity index (χ3v) is 5.10. The zero-order chi connectivity index (χ0) is 17.0. The van der Waals surface area contributed by atoms with Gasteiger partial charge in [0.1, 0.15) is 5.82 Å². The van der Waals surface area contributed by atoms with Crippen LogP contribution in [0.5, 0.6) is 0 Å². The van der Waals surface area contributed by atoms with Crippen LogP contribution in [0.1, 0.15) is 13.8 Å². The van der Waals surface area contributed by atoms with Crippen molar-refractivity contribution in [3.8, 4) is 11.3 Å². The van der Waals surface area contributed by atoms with Crippen LogP contribution in [0, 0.1) is 5.82 Å². The molecule has 0 spiro atoms. The Morgan fingerprint density at radius 3 is 2.43 bits per heavy atom. The highest BCUT2D eigenvalue weighted by Crippen LogP contribution is 2.15. The van der Waals surface area contributed by atoms with Gasteiger partial charge in [-0.3, -0.25) is 4.79 Å². The Labute approximate surface area is 134 Å². The zero-order valence-corrected chi connectivity index (χ0v) is 13.7. The Bertz CT molecular complexity index is 830. The van der Waals surface area contributed by atoms with Crippen LogP contribution in [0.2, 0.25) is 0 Å². The highest BCUT2D eigenvalue weighted by atomic mass is 32.2. The van der Waals surface area contributed by atoms with Crippen LogP contribution in [0.15, 0.2) is 41.2 Å². The second-order valence-electron chi connectivity index (χ2n) is 5.27. The van der Waals surface area contributed by atoms with Crippen LogP contribution in [0.25, 0.3) is 11.3 Å². The molecule has 124 valence electrons. The van der Waals surface area contributed by atoms with Gasteiger partial charge in [0.25, 0.3) is 5.56 Å². The molecular formula is C15H18FN3O3S. The first-order valence-corrected chi connectivity index (χ1v) is 8.67. The van der Waals surface area contributed by atoms with E-state index in [1.807, 2.05) is 0 Å². The van der Waals surface area contributed by atoms with E-state index in [1.54, 1.807) is 32.0 Å². The van der Waals surface area contributed by atoms with E-state index in [0.717, 1.165) is 0 Å². The van der Waals surface area contributed by atoms with E-state index in [2.05, 4.69) is 9.82 Å². The Morgan fingerprint density at radius 2 is 1.83 bits per heavy atom.